The fourth-order valence-electron chi connectivity index (χ4n) is 6.28. The molecule has 0 aromatic heterocycles. The fraction of sp³-hybridized carbons (Fsp3) is 1.00. The Morgan fingerprint density at radius 1 is 0.381 bits per heavy atom. The summed E-state index contributed by atoms with van der Waals surface area (Å²) in [4.78, 5) is 0. The van der Waals surface area contributed by atoms with Crippen molar-refractivity contribution in [1.82, 2.24) is 0 Å². The zero-order chi connectivity index (χ0) is 30.6. The molecule has 0 radical (unpaired) electrons. The van der Waals surface area contributed by atoms with Gasteiger partial charge in [-0.05, 0) is 12.8 Å². The van der Waals surface area contributed by atoms with Gasteiger partial charge in [0.2, 0.25) is 0 Å². The van der Waals surface area contributed by atoms with Gasteiger partial charge in [0, 0.05) is 6.61 Å². The molecule has 0 aliphatic heterocycles. The molecule has 0 aromatic carbocycles. The van der Waals surface area contributed by atoms with Gasteiger partial charge >= 0.3 is 0 Å². The van der Waals surface area contributed by atoms with E-state index < -0.39 is 6.10 Å². The van der Waals surface area contributed by atoms with Crippen LogP contribution < -0.4 is 0 Å². The lowest BCUT2D eigenvalue weighted by molar-refractivity contribution is -0.0629. The molecule has 2 atom stereocenters. The van der Waals surface area contributed by atoms with E-state index in [4.69, 9.17) is 4.74 Å². The second-order valence-corrected chi connectivity index (χ2v) is 13.6. The maximum absolute atomic E-state index is 10.2. The van der Waals surface area contributed by atoms with Crippen LogP contribution in [0.25, 0.3) is 0 Å². The van der Waals surface area contributed by atoms with E-state index in [1.54, 1.807) is 0 Å². The topological polar surface area (TPSA) is 49.7 Å². The summed E-state index contributed by atoms with van der Waals surface area (Å²) in [5, 5.41) is 19.7. The number of aliphatic hydroxyl groups is 2. The highest BCUT2D eigenvalue weighted by atomic mass is 16.5. The lowest BCUT2D eigenvalue weighted by Crippen LogP contribution is -2.32. The van der Waals surface area contributed by atoms with Crippen molar-refractivity contribution in [3.8, 4) is 0 Å². The van der Waals surface area contributed by atoms with E-state index in [9.17, 15) is 10.2 Å². The zero-order valence-corrected chi connectivity index (χ0v) is 29.2. The number of hydrogen-bond donors (Lipinski definition) is 2. The second kappa shape index (κ2) is 37.1. The first-order valence-corrected chi connectivity index (χ1v) is 19.7. The van der Waals surface area contributed by atoms with Crippen LogP contribution in [-0.2, 0) is 4.74 Å². The molecule has 0 rings (SSSR count). The van der Waals surface area contributed by atoms with Gasteiger partial charge in [-0.3, -0.25) is 0 Å². The van der Waals surface area contributed by atoms with Gasteiger partial charge in [-0.15, -0.1) is 0 Å². The Labute approximate surface area is 265 Å². The highest BCUT2D eigenvalue weighted by Gasteiger charge is 2.18. The van der Waals surface area contributed by atoms with Crippen LogP contribution in [0.5, 0.6) is 0 Å². The smallest absolute Gasteiger partial charge is 0.103 e. The van der Waals surface area contributed by atoms with Crippen molar-refractivity contribution in [2.24, 2.45) is 0 Å². The van der Waals surface area contributed by atoms with Crippen LogP contribution in [0.2, 0.25) is 0 Å². The molecule has 2 N–H and O–H groups in total. The molecule has 0 heterocycles. The minimum absolute atomic E-state index is 0.192. The van der Waals surface area contributed by atoms with E-state index in [2.05, 4.69) is 13.8 Å². The molecule has 0 bridgehead atoms. The van der Waals surface area contributed by atoms with Gasteiger partial charge in [-0.1, -0.05) is 213 Å². The maximum Gasteiger partial charge on any atom is 0.103 e. The summed E-state index contributed by atoms with van der Waals surface area (Å²) in [6.45, 7) is 5.11. The van der Waals surface area contributed by atoms with E-state index >= 15 is 0 Å². The number of ether oxygens (including phenoxy) is 1. The molecule has 0 spiro atoms. The quantitative estimate of drug-likeness (QED) is 0.0701. The van der Waals surface area contributed by atoms with E-state index in [0.717, 1.165) is 25.9 Å². The maximum atomic E-state index is 10.2. The summed E-state index contributed by atoms with van der Waals surface area (Å²) in [6, 6.07) is 0. The molecule has 0 aliphatic rings. The number of aliphatic hydroxyl groups excluding tert-OH is 2. The molecule has 0 amide bonds. The first-order chi connectivity index (χ1) is 20.8. The van der Waals surface area contributed by atoms with Crippen molar-refractivity contribution in [3.05, 3.63) is 0 Å². The standard InChI is InChI=1S/C39H80O3/c1-3-5-7-9-11-13-15-17-19-21-23-25-27-29-31-33-35-39(38(41)37-40)42-36-34-32-30-28-26-24-22-20-18-16-14-12-10-8-6-4-2/h38-41H,3-37H2,1-2H3. The SMILES string of the molecule is CCCCCCCCCCCCCCCCCCOC(CCCCCCCCCCCCCCCCCC)C(O)CO. The van der Waals surface area contributed by atoms with Crippen molar-refractivity contribution in [2.75, 3.05) is 13.2 Å². The van der Waals surface area contributed by atoms with Gasteiger partial charge in [-0.25, -0.2) is 0 Å². The van der Waals surface area contributed by atoms with Gasteiger partial charge in [0.05, 0.1) is 12.7 Å². The molecule has 0 saturated carbocycles. The van der Waals surface area contributed by atoms with Gasteiger partial charge in [-0.2, -0.15) is 0 Å². The average Bonchev–Trinajstić information content (AvgIpc) is 3.00. The number of hydrogen-bond acceptors (Lipinski definition) is 3. The van der Waals surface area contributed by atoms with Crippen LogP contribution in [0, 0.1) is 0 Å². The summed E-state index contributed by atoms with van der Waals surface area (Å²) < 4.78 is 6.03. The largest absolute Gasteiger partial charge is 0.394 e. The van der Waals surface area contributed by atoms with E-state index in [1.165, 1.54) is 193 Å². The zero-order valence-electron chi connectivity index (χ0n) is 29.2. The summed E-state index contributed by atoms with van der Waals surface area (Å²) in [5.74, 6) is 0. The minimum atomic E-state index is -0.734. The summed E-state index contributed by atoms with van der Waals surface area (Å²) in [6.07, 6.45) is 43.9. The first-order valence-electron chi connectivity index (χ1n) is 19.7. The first kappa shape index (κ1) is 41.9. The molecule has 3 nitrogen and oxygen atoms in total. The highest BCUT2D eigenvalue weighted by Crippen LogP contribution is 2.17. The van der Waals surface area contributed by atoms with E-state index in [0.29, 0.717) is 0 Å². The van der Waals surface area contributed by atoms with Crippen LogP contribution in [-0.4, -0.2) is 35.6 Å². The molecule has 3 heteroatoms. The van der Waals surface area contributed by atoms with Gasteiger partial charge in [0.1, 0.15) is 6.10 Å². The molecule has 0 aromatic rings. The number of unbranched alkanes of at least 4 members (excludes halogenated alkanes) is 30. The molecule has 254 valence electrons. The Bertz CT molecular complexity index is 469. The van der Waals surface area contributed by atoms with Crippen molar-refractivity contribution in [1.29, 1.82) is 0 Å². The molecule has 0 fully saturated rings. The lowest BCUT2D eigenvalue weighted by atomic mass is 10.0. The van der Waals surface area contributed by atoms with Crippen LogP contribution in [0.3, 0.4) is 0 Å². The van der Waals surface area contributed by atoms with E-state index in [1.807, 2.05) is 0 Å². The normalized spacial score (nSPS) is 13.1. The van der Waals surface area contributed by atoms with Crippen molar-refractivity contribution >= 4 is 0 Å². The Morgan fingerprint density at radius 2 is 0.643 bits per heavy atom. The third-order valence-corrected chi connectivity index (χ3v) is 9.29. The fourth-order valence-corrected chi connectivity index (χ4v) is 6.28. The second-order valence-electron chi connectivity index (χ2n) is 13.6. The molecular weight excluding hydrogens is 516 g/mol. The Kier molecular flexibility index (Phi) is 37.0. The molecule has 2 unspecified atom stereocenters. The van der Waals surface area contributed by atoms with Crippen LogP contribution in [0.4, 0.5) is 0 Å². The summed E-state index contributed by atoms with van der Waals surface area (Å²) in [7, 11) is 0. The Balaban J connectivity index is 3.46. The van der Waals surface area contributed by atoms with Crippen molar-refractivity contribution in [2.45, 2.75) is 238 Å². The predicted octanol–water partition coefficient (Wildman–Crippen LogP) is 12.6. The average molecular weight is 597 g/mol. The van der Waals surface area contributed by atoms with Crippen molar-refractivity contribution in [3.63, 3.8) is 0 Å². The van der Waals surface area contributed by atoms with Crippen LogP contribution >= 0.6 is 0 Å². The van der Waals surface area contributed by atoms with Gasteiger partial charge < -0.3 is 14.9 Å². The lowest BCUT2D eigenvalue weighted by Gasteiger charge is -2.22. The molecule has 0 aliphatic carbocycles. The summed E-state index contributed by atoms with van der Waals surface area (Å²) in [5.41, 5.74) is 0. The minimum Gasteiger partial charge on any atom is -0.394 e. The van der Waals surface area contributed by atoms with Crippen molar-refractivity contribution < 1.29 is 14.9 Å². The van der Waals surface area contributed by atoms with E-state index in [-0.39, 0.29) is 12.7 Å². The molecular formula is C39H80O3. The Hall–Kier alpha value is -0.120. The van der Waals surface area contributed by atoms with Crippen LogP contribution in [0.1, 0.15) is 226 Å². The monoisotopic (exact) mass is 597 g/mol. The molecule has 42 heavy (non-hydrogen) atoms. The molecule has 0 saturated heterocycles. The highest BCUT2D eigenvalue weighted by molar-refractivity contribution is 4.68. The predicted molar refractivity (Wildman–Crippen MR) is 187 cm³/mol. The summed E-state index contributed by atoms with van der Waals surface area (Å²) >= 11 is 0. The van der Waals surface area contributed by atoms with Gasteiger partial charge in [0.15, 0.2) is 0 Å². The Morgan fingerprint density at radius 3 is 0.929 bits per heavy atom. The number of rotatable bonds is 37. The van der Waals surface area contributed by atoms with Crippen LogP contribution in [0.15, 0.2) is 0 Å². The third-order valence-electron chi connectivity index (χ3n) is 9.29. The van der Waals surface area contributed by atoms with Gasteiger partial charge in [0.25, 0.3) is 0 Å². The third kappa shape index (κ3) is 32.8.